The van der Waals surface area contributed by atoms with Gasteiger partial charge in [-0.1, -0.05) is 74.5 Å². The smallest absolute Gasteiger partial charge is 0.407 e. The summed E-state index contributed by atoms with van der Waals surface area (Å²) in [5, 5.41) is 23.7. The molecule has 2 aromatic carbocycles. The first-order valence-corrected chi connectivity index (χ1v) is 18.7. The van der Waals surface area contributed by atoms with Crippen molar-refractivity contribution in [2.45, 2.75) is 89.3 Å². The minimum atomic E-state index is -1.04. The van der Waals surface area contributed by atoms with Crippen LogP contribution < -0.4 is 16.0 Å². The van der Waals surface area contributed by atoms with Crippen molar-refractivity contribution in [2.24, 2.45) is 5.92 Å². The Morgan fingerprint density at radius 3 is 2.26 bits per heavy atom. The Morgan fingerprint density at radius 1 is 0.960 bits per heavy atom. The molecule has 0 bridgehead atoms. The molecule has 0 aliphatic heterocycles. The molecule has 266 valence electrons. The van der Waals surface area contributed by atoms with Crippen LogP contribution in [0.4, 0.5) is 9.59 Å². The van der Waals surface area contributed by atoms with E-state index in [9.17, 15) is 19.5 Å². The van der Waals surface area contributed by atoms with Gasteiger partial charge in [0, 0.05) is 30.6 Å². The Hall–Kier alpha value is -4.33. The van der Waals surface area contributed by atoms with Crippen LogP contribution in [-0.2, 0) is 35.5 Å². The zero-order chi connectivity index (χ0) is 35.5. The van der Waals surface area contributed by atoms with Gasteiger partial charge in [-0.05, 0) is 49.1 Å². The highest BCUT2D eigenvalue weighted by Crippen LogP contribution is 2.41. The van der Waals surface area contributed by atoms with Crippen molar-refractivity contribution >= 4 is 40.7 Å². The van der Waals surface area contributed by atoms with Gasteiger partial charge in [-0.15, -0.1) is 22.7 Å². The average molecular weight is 719 g/mol. The van der Waals surface area contributed by atoms with E-state index < -0.39 is 30.3 Å². The zero-order valence-electron chi connectivity index (χ0n) is 28.7. The van der Waals surface area contributed by atoms with Gasteiger partial charge in [0.25, 0.3) is 0 Å². The summed E-state index contributed by atoms with van der Waals surface area (Å²) in [6.07, 6.45) is 3.20. The summed E-state index contributed by atoms with van der Waals surface area (Å²) >= 11 is 3.01. The molecule has 13 heteroatoms. The Kier molecular flexibility index (Phi) is 13.3. The standard InChI is InChI=1S/C37H46N6O5S2/c1-24(2)33(42-36(46)43(3)20-29-22-49-35(40-29)27-14-15-27)34(45)39-28(16-25-10-6-4-7-11-25)18-32(44)31(17-26-12-8-5-9-13-26)41-37(47)48-21-30-19-38-23-50-30/h4-13,19,22-24,27-28,31-33,44H,14-18,20-21H2,1-3H3,(H,39,45)(H,41,47)(H,42,46)/t28-,31-,32-,33?/m0/s1. The lowest BCUT2D eigenvalue weighted by Crippen LogP contribution is -2.55. The number of carbonyl (C=O) groups is 3. The molecule has 0 saturated heterocycles. The van der Waals surface area contributed by atoms with Gasteiger partial charge in [0.1, 0.15) is 12.6 Å². The fourth-order valence-electron chi connectivity index (χ4n) is 5.64. The molecule has 4 amide bonds. The van der Waals surface area contributed by atoms with E-state index in [2.05, 4.69) is 25.9 Å². The third-order valence-corrected chi connectivity index (χ3v) is 10.4. The second kappa shape index (κ2) is 18.1. The molecule has 1 aliphatic rings. The maximum atomic E-state index is 13.9. The predicted octanol–water partition coefficient (Wildman–Crippen LogP) is 5.66. The molecular weight excluding hydrogens is 673 g/mol. The number of urea groups is 1. The molecule has 5 rings (SSSR count). The minimum absolute atomic E-state index is 0.0696. The highest BCUT2D eigenvalue weighted by molar-refractivity contribution is 7.10. The molecule has 2 aromatic heterocycles. The van der Waals surface area contributed by atoms with Crippen molar-refractivity contribution in [2.75, 3.05) is 7.05 Å². The largest absolute Gasteiger partial charge is 0.444 e. The number of aliphatic hydroxyl groups excluding tert-OH is 1. The maximum Gasteiger partial charge on any atom is 0.407 e. The maximum absolute atomic E-state index is 13.9. The molecule has 4 N–H and O–H groups in total. The van der Waals surface area contributed by atoms with Crippen LogP contribution in [-0.4, -0.2) is 69.3 Å². The fraction of sp³-hybridized carbons (Fsp3) is 0.432. The number of rotatable bonds is 17. The van der Waals surface area contributed by atoms with Crippen LogP contribution in [0.5, 0.6) is 0 Å². The van der Waals surface area contributed by atoms with Gasteiger partial charge in [-0.25, -0.2) is 14.6 Å². The van der Waals surface area contributed by atoms with Crippen molar-refractivity contribution < 1.29 is 24.2 Å². The summed E-state index contributed by atoms with van der Waals surface area (Å²) in [4.78, 5) is 51.1. The van der Waals surface area contributed by atoms with Crippen molar-refractivity contribution in [1.82, 2.24) is 30.8 Å². The number of aliphatic hydroxyl groups is 1. The lowest BCUT2D eigenvalue weighted by atomic mass is 9.93. The summed E-state index contributed by atoms with van der Waals surface area (Å²) in [7, 11) is 1.69. The number of amides is 4. The van der Waals surface area contributed by atoms with Crippen LogP contribution in [0.2, 0.25) is 0 Å². The third-order valence-electron chi connectivity index (χ3n) is 8.56. The normalized spacial score (nSPS) is 15.1. The van der Waals surface area contributed by atoms with E-state index in [0.29, 0.717) is 25.3 Å². The van der Waals surface area contributed by atoms with E-state index in [0.717, 1.165) is 26.7 Å². The SMILES string of the molecule is CC(C)C(NC(=O)N(C)Cc1csc(C2CC2)n1)C(=O)N[C@@H](Cc1ccccc1)C[C@H](O)[C@H](Cc1ccccc1)NC(=O)OCc1cncs1. The number of nitrogens with one attached hydrogen (secondary N) is 3. The molecule has 4 aromatic rings. The number of hydrogen-bond acceptors (Lipinski definition) is 9. The number of ether oxygens (including phenoxy) is 1. The Labute approximate surface area is 301 Å². The van der Waals surface area contributed by atoms with Gasteiger partial charge in [0.05, 0.1) is 39.8 Å². The lowest BCUT2D eigenvalue weighted by molar-refractivity contribution is -0.124. The summed E-state index contributed by atoms with van der Waals surface area (Å²) in [5.74, 6) is -0.0102. The van der Waals surface area contributed by atoms with Gasteiger partial charge >= 0.3 is 12.1 Å². The molecule has 1 saturated carbocycles. The third kappa shape index (κ3) is 11.4. The van der Waals surface area contributed by atoms with Crippen LogP contribution >= 0.6 is 22.7 Å². The molecule has 1 aliphatic carbocycles. The quantitative estimate of drug-likeness (QED) is 0.110. The first-order valence-electron chi connectivity index (χ1n) is 17.0. The number of thiazole rings is 2. The van der Waals surface area contributed by atoms with Gasteiger partial charge in [-0.3, -0.25) is 9.78 Å². The molecular formula is C37H46N6O5S2. The Balaban J connectivity index is 1.26. The van der Waals surface area contributed by atoms with Crippen LogP contribution in [0, 0.1) is 5.92 Å². The summed E-state index contributed by atoms with van der Waals surface area (Å²) < 4.78 is 5.43. The van der Waals surface area contributed by atoms with Crippen molar-refractivity contribution in [3.05, 3.63) is 104 Å². The van der Waals surface area contributed by atoms with Crippen molar-refractivity contribution in [3.8, 4) is 0 Å². The Morgan fingerprint density at radius 2 is 1.64 bits per heavy atom. The summed E-state index contributed by atoms with van der Waals surface area (Å²) in [6.45, 7) is 4.17. The molecule has 0 spiro atoms. The van der Waals surface area contributed by atoms with E-state index in [4.69, 9.17) is 4.74 Å². The molecule has 11 nitrogen and oxygen atoms in total. The number of alkyl carbamates (subject to hydrolysis) is 1. The minimum Gasteiger partial charge on any atom is -0.444 e. The molecule has 0 radical (unpaired) electrons. The second-order valence-electron chi connectivity index (χ2n) is 13.2. The van der Waals surface area contributed by atoms with Gasteiger partial charge in [0.15, 0.2) is 0 Å². The van der Waals surface area contributed by atoms with Crippen molar-refractivity contribution in [1.29, 1.82) is 0 Å². The molecule has 2 heterocycles. The average Bonchev–Trinajstić information content (AvgIpc) is 3.61. The second-order valence-corrected chi connectivity index (χ2v) is 15.0. The van der Waals surface area contributed by atoms with Crippen LogP contribution in [0.3, 0.4) is 0 Å². The monoisotopic (exact) mass is 718 g/mol. The van der Waals surface area contributed by atoms with E-state index in [-0.39, 0.29) is 30.9 Å². The van der Waals surface area contributed by atoms with Crippen molar-refractivity contribution in [3.63, 3.8) is 0 Å². The van der Waals surface area contributed by atoms with Gasteiger partial charge in [-0.2, -0.15) is 0 Å². The van der Waals surface area contributed by atoms with Crippen LogP contribution in [0.15, 0.2) is 77.8 Å². The number of hydrogen-bond donors (Lipinski definition) is 4. The van der Waals surface area contributed by atoms with Gasteiger partial charge < -0.3 is 30.7 Å². The number of nitrogens with zero attached hydrogens (tertiary/aromatic N) is 3. The fourth-order valence-corrected chi connectivity index (χ4v) is 7.13. The summed E-state index contributed by atoms with van der Waals surface area (Å²) in [5.41, 5.74) is 4.40. The van der Waals surface area contributed by atoms with Crippen LogP contribution in [0.1, 0.15) is 65.7 Å². The molecule has 1 fully saturated rings. The number of benzene rings is 2. The topological polar surface area (TPSA) is 146 Å². The predicted molar refractivity (Wildman–Crippen MR) is 195 cm³/mol. The highest BCUT2D eigenvalue weighted by Gasteiger charge is 2.31. The van der Waals surface area contributed by atoms with E-state index >= 15 is 0 Å². The zero-order valence-corrected chi connectivity index (χ0v) is 30.3. The van der Waals surface area contributed by atoms with Gasteiger partial charge in [0.2, 0.25) is 5.91 Å². The molecule has 50 heavy (non-hydrogen) atoms. The van der Waals surface area contributed by atoms with E-state index in [1.807, 2.05) is 79.9 Å². The highest BCUT2D eigenvalue weighted by atomic mass is 32.1. The van der Waals surface area contributed by atoms with E-state index in [1.54, 1.807) is 30.1 Å². The Bertz CT molecular complexity index is 1650. The first kappa shape index (κ1) is 36.9. The summed E-state index contributed by atoms with van der Waals surface area (Å²) in [6, 6.07) is 16.9. The molecule has 1 unspecified atom stereocenters. The van der Waals surface area contributed by atoms with Crippen LogP contribution in [0.25, 0.3) is 0 Å². The number of carbonyl (C=O) groups excluding carboxylic acids is 3. The van der Waals surface area contributed by atoms with E-state index in [1.165, 1.54) is 29.1 Å². The lowest BCUT2D eigenvalue weighted by Gasteiger charge is -2.30. The molecule has 4 atom stereocenters. The first-order chi connectivity index (χ1) is 24.1. The number of aromatic nitrogens is 2.